The lowest BCUT2D eigenvalue weighted by Gasteiger charge is -2.10. The van der Waals surface area contributed by atoms with Gasteiger partial charge in [0, 0.05) is 0 Å². The number of fused-ring (bicyclic) bond motifs is 1. The van der Waals surface area contributed by atoms with Crippen molar-refractivity contribution in [3.05, 3.63) is 40.9 Å². The number of hydrogen-bond acceptors (Lipinski definition) is 2. The Kier molecular flexibility index (Phi) is 6.34. The van der Waals surface area contributed by atoms with E-state index in [1.165, 1.54) is 23.6 Å². The summed E-state index contributed by atoms with van der Waals surface area (Å²) < 4.78 is 6.92. The van der Waals surface area contributed by atoms with Crippen LogP contribution >= 0.6 is 15.9 Å². The largest absolute Gasteiger partial charge is 0.492 e. The van der Waals surface area contributed by atoms with Crippen molar-refractivity contribution < 1.29 is 4.74 Å². The molecule has 20 heavy (non-hydrogen) atoms. The van der Waals surface area contributed by atoms with E-state index in [1.807, 2.05) is 6.07 Å². The summed E-state index contributed by atoms with van der Waals surface area (Å²) in [5, 5.41) is 5.85. The molecule has 0 aliphatic carbocycles. The molecule has 108 valence electrons. The Morgan fingerprint density at radius 2 is 1.85 bits per heavy atom. The second-order valence-electron chi connectivity index (χ2n) is 4.90. The van der Waals surface area contributed by atoms with E-state index >= 15 is 0 Å². The summed E-state index contributed by atoms with van der Waals surface area (Å²) in [6, 6.07) is 12.5. The van der Waals surface area contributed by atoms with Gasteiger partial charge in [-0.25, -0.2) is 0 Å². The third kappa shape index (κ3) is 4.22. The molecular weight excluding hydrogens is 314 g/mol. The lowest BCUT2D eigenvalue weighted by molar-refractivity contribution is 0.307. The molecule has 0 aromatic heterocycles. The third-order valence-electron chi connectivity index (χ3n) is 3.29. The van der Waals surface area contributed by atoms with E-state index < -0.39 is 0 Å². The highest BCUT2D eigenvalue weighted by Gasteiger charge is 2.05. The van der Waals surface area contributed by atoms with Gasteiger partial charge >= 0.3 is 0 Å². The molecule has 0 spiro atoms. The SMILES string of the molecule is CCCCNCCCOc1ccc2ccccc2c1Br. The Bertz CT molecular complexity index is 542. The highest BCUT2D eigenvalue weighted by molar-refractivity contribution is 9.10. The van der Waals surface area contributed by atoms with Crippen LogP contribution in [-0.2, 0) is 0 Å². The fraction of sp³-hybridized carbons (Fsp3) is 0.412. The van der Waals surface area contributed by atoms with Gasteiger partial charge in [0.05, 0.1) is 11.1 Å². The maximum atomic E-state index is 5.86. The number of unbranched alkanes of at least 4 members (excludes halogenated alkanes) is 1. The summed E-state index contributed by atoms with van der Waals surface area (Å²) in [6.07, 6.45) is 3.52. The number of ether oxygens (including phenoxy) is 1. The molecule has 2 nitrogen and oxygen atoms in total. The molecule has 0 aliphatic rings. The van der Waals surface area contributed by atoms with Crippen LogP contribution in [0.25, 0.3) is 10.8 Å². The average Bonchev–Trinajstić information content (AvgIpc) is 2.49. The van der Waals surface area contributed by atoms with Crippen LogP contribution in [-0.4, -0.2) is 19.7 Å². The van der Waals surface area contributed by atoms with E-state index in [9.17, 15) is 0 Å². The molecule has 0 radical (unpaired) electrons. The summed E-state index contributed by atoms with van der Waals surface area (Å²) in [6.45, 7) is 5.08. The molecule has 0 saturated heterocycles. The Morgan fingerprint density at radius 3 is 2.70 bits per heavy atom. The van der Waals surface area contributed by atoms with E-state index in [0.717, 1.165) is 36.3 Å². The fourth-order valence-corrected chi connectivity index (χ4v) is 2.74. The zero-order valence-electron chi connectivity index (χ0n) is 12.0. The van der Waals surface area contributed by atoms with Crippen LogP contribution in [0, 0.1) is 0 Å². The molecule has 2 aromatic carbocycles. The average molecular weight is 336 g/mol. The molecule has 1 N–H and O–H groups in total. The summed E-state index contributed by atoms with van der Waals surface area (Å²) in [5.41, 5.74) is 0. The first-order valence-corrected chi connectivity index (χ1v) is 8.13. The maximum Gasteiger partial charge on any atom is 0.134 e. The van der Waals surface area contributed by atoms with Crippen molar-refractivity contribution in [2.45, 2.75) is 26.2 Å². The molecule has 0 unspecified atom stereocenters. The summed E-state index contributed by atoms with van der Waals surface area (Å²) in [7, 11) is 0. The van der Waals surface area contributed by atoms with E-state index in [1.54, 1.807) is 0 Å². The number of rotatable bonds is 8. The Morgan fingerprint density at radius 1 is 1.05 bits per heavy atom. The predicted molar refractivity (Wildman–Crippen MR) is 89.5 cm³/mol. The normalized spacial score (nSPS) is 10.9. The molecule has 0 fully saturated rings. The molecule has 0 heterocycles. The monoisotopic (exact) mass is 335 g/mol. The minimum Gasteiger partial charge on any atom is -0.492 e. The molecule has 0 amide bonds. The van der Waals surface area contributed by atoms with E-state index in [4.69, 9.17) is 4.74 Å². The molecule has 0 saturated carbocycles. The lowest BCUT2D eigenvalue weighted by Crippen LogP contribution is -2.18. The zero-order valence-corrected chi connectivity index (χ0v) is 13.6. The predicted octanol–water partition coefficient (Wildman–Crippen LogP) is 4.76. The Labute approximate surface area is 129 Å². The van der Waals surface area contributed by atoms with Crippen LogP contribution in [0.5, 0.6) is 5.75 Å². The highest BCUT2D eigenvalue weighted by Crippen LogP contribution is 2.32. The Hall–Kier alpha value is -1.06. The van der Waals surface area contributed by atoms with Gasteiger partial charge in [-0.1, -0.05) is 43.7 Å². The minimum absolute atomic E-state index is 0.746. The maximum absolute atomic E-state index is 5.86. The third-order valence-corrected chi connectivity index (χ3v) is 4.11. The van der Waals surface area contributed by atoms with Gasteiger partial charge in [0.15, 0.2) is 0 Å². The van der Waals surface area contributed by atoms with Gasteiger partial charge < -0.3 is 10.1 Å². The molecular formula is C17H22BrNO. The standard InChI is InChI=1S/C17H22BrNO/c1-2-3-11-19-12-6-13-20-16-10-9-14-7-4-5-8-15(14)17(16)18/h4-5,7-10,19H,2-3,6,11-13H2,1H3. The number of nitrogens with one attached hydrogen (secondary N) is 1. The van der Waals surface area contributed by atoms with Gasteiger partial charge in [0.25, 0.3) is 0 Å². The van der Waals surface area contributed by atoms with Gasteiger partial charge in [-0.2, -0.15) is 0 Å². The highest BCUT2D eigenvalue weighted by atomic mass is 79.9. The molecule has 0 bridgehead atoms. The lowest BCUT2D eigenvalue weighted by atomic mass is 10.1. The van der Waals surface area contributed by atoms with Crippen LogP contribution in [0.15, 0.2) is 40.9 Å². The van der Waals surface area contributed by atoms with Crippen LogP contribution < -0.4 is 10.1 Å². The van der Waals surface area contributed by atoms with Crippen molar-refractivity contribution in [3.8, 4) is 5.75 Å². The summed E-state index contributed by atoms with van der Waals surface area (Å²) in [5.74, 6) is 0.928. The first-order valence-electron chi connectivity index (χ1n) is 7.33. The first kappa shape index (κ1) is 15.3. The number of benzene rings is 2. The van der Waals surface area contributed by atoms with Gasteiger partial charge in [-0.15, -0.1) is 0 Å². The van der Waals surface area contributed by atoms with Crippen LogP contribution in [0.2, 0.25) is 0 Å². The van der Waals surface area contributed by atoms with Crippen molar-refractivity contribution in [1.29, 1.82) is 0 Å². The van der Waals surface area contributed by atoms with Crippen molar-refractivity contribution in [3.63, 3.8) is 0 Å². The van der Waals surface area contributed by atoms with Crippen LogP contribution in [0.3, 0.4) is 0 Å². The minimum atomic E-state index is 0.746. The van der Waals surface area contributed by atoms with Gasteiger partial charge in [-0.3, -0.25) is 0 Å². The zero-order chi connectivity index (χ0) is 14.2. The summed E-state index contributed by atoms with van der Waals surface area (Å²) in [4.78, 5) is 0. The fourth-order valence-electron chi connectivity index (χ4n) is 2.13. The van der Waals surface area contributed by atoms with Crippen molar-refractivity contribution in [2.24, 2.45) is 0 Å². The number of halogens is 1. The van der Waals surface area contributed by atoms with Crippen molar-refractivity contribution in [2.75, 3.05) is 19.7 Å². The van der Waals surface area contributed by atoms with E-state index in [2.05, 4.69) is 58.5 Å². The molecule has 0 aliphatic heterocycles. The second kappa shape index (κ2) is 8.28. The topological polar surface area (TPSA) is 21.3 Å². The first-order chi connectivity index (χ1) is 9.83. The quantitative estimate of drug-likeness (QED) is 0.702. The summed E-state index contributed by atoms with van der Waals surface area (Å²) >= 11 is 3.64. The van der Waals surface area contributed by atoms with Crippen molar-refractivity contribution in [1.82, 2.24) is 5.32 Å². The number of hydrogen-bond donors (Lipinski definition) is 1. The van der Waals surface area contributed by atoms with Crippen molar-refractivity contribution >= 4 is 26.7 Å². The molecule has 0 atom stereocenters. The van der Waals surface area contributed by atoms with E-state index in [0.29, 0.717) is 0 Å². The van der Waals surface area contributed by atoms with Crippen LogP contribution in [0.4, 0.5) is 0 Å². The molecule has 2 rings (SSSR count). The van der Waals surface area contributed by atoms with Gasteiger partial charge in [0.1, 0.15) is 5.75 Å². The van der Waals surface area contributed by atoms with E-state index in [-0.39, 0.29) is 0 Å². The smallest absolute Gasteiger partial charge is 0.134 e. The van der Waals surface area contributed by atoms with Crippen LogP contribution in [0.1, 0.15) is 26.2 Å². The second-order valence-corrected chi connectivity index (χ2v) is 5.70. The molecule has 2 aromatic rings. The Balaban J connectivity index is 1.83. The molecule has 3 heteroatoms. The van der Waals surface area contributed by atoms with Gasteiger partial charge in [-0.05, 0) is 58.7 Å². The van der Waals surface area contributed by atoms with Gasteiger partial charge in [0.2, 0.25) is 0 Å².